The third-order valence-electron chi connectivity index (χ3n) is 11.5. The predicted molar refractivity (Wildman–Crippen MR) is 186 cm³/mol. The van der Waals surface area contributed by atoms with E-state index in [1.54, 1.807) is 6.07 Å². The maximum Gasteiger partial charge on any atom is 0.414 e. The number of piperidine rings is 1. The Morgan fingerprint density at radius 2 is 2.02 bits per heavy atom. The summed E-state index contributed by atoms with van der Waals surface area (Å²) in [4.78, 5) is 23.6. The van der Waals surface area contributed by atoms with Crippen LogP contribution in [0.3, 0.4) is 0 Å². The number of amides is 1. The molecule has 1 saturated carbocycles. The van der Waals surface area contributed by atoms with Gasteiger partial charge in [-0.25, -0.2) is 4.79 Å². The number of aromatic amines is 1. The molecule has 1 aromatic heterocycles. The summed E-state index contributed by atoms with van der Waals surface area (Å²) in [6.45, 7) is 2.96. The molecule has 2 fully saturated rings. The molecule has 254 valence electrons. The van der Waals surface area contributed by atoms with E-state index in [2.05, 4.69) is 25.5 Å². The first-order valence-electron chi connectivity index (χ1n) is 17.5. The molecule has 3 aliphatic carbocycles. The van der Waals surface area contributed by atoms with Gasteiger partial charge in [-0.05, 0) is 92.1 Å². The number of ether oxygens (including phenoxy) is 2. The van der Waals surface area contributed by atoms with Crippen LogP contribution in [0, 0.1) is 5.92 Å². The molecule has 4 atom stereocenters. The van der Waals surface area contributed by atoms with Gasteiger partial charge < -0.3 is 35.7 Å². The number of aliphatic imine (C=N–C) groups is 1. The molecule has 3 heterocycles. The molecule has 4 aromatic rings. The van der Waals surface area contributed by atoms with Gasteiger partial charge in [0.1, 0.15) is 6.61 Å². The molecular weight excluding hydrogens is 620 g/mol. The van der Waals surface area contributed by atoms with Gasteiger partial charge in [-0.2, -0.15) is 0 Å². The van der Waals surface area contributed by atoms with Crippen molar-refractivity contribution in [2.45, 2.75) is 68.3 Å². The van der Waals surface area contributed by atoms with Gasteiger partial charge in [0, 0.05) is 47.7 Å². The number of alkyl carbamates (subject to hydrolysis) is 1. The molecule has 1 amide bonds. The number of nitrogens with one attached hydrogen (secondary N) is 3. The first-order chi connectivity index (χ1) is 23.9. The Morgan fingerprint density at radius 1 is 1.16 bits per heavy atom. The smallest absolute Gasteiger partial charge is 0.414 e. The number of carbonyl (C=O) groups is 1. The lowest BCUT2D eigenvalue weighted by molar-refractivity contribution is -0.173. The fourth-order valence-corrected chi connectivity index (χ4v) is 9.08. The van der Waals surface area contributed by atoms with Crippen molar-refractivity contribution in [2.75, 3.05) is 31.5 Å². The number of aliphatic hydroxyl groups is 1. The van der Waals surface area contributed by atoms with E-state index in [9.17, 15) is 15.0 Å². The molecule has 1 saturated heterocycles. The normalized spacial score (nSPS) is 26.5. The van der Waals surface area contributed by atoms with E-state index in [1.165, 1.54) is 18.4 Å². The summed E-state index contributed by atoms with van der Waals surface area (Å²) >= 11 is 0. The summed E-state index contributed by atoms with van der Waals surface area (Å²) in [6.07, 6.45) is 4.06. The Morgan fingerprint density at radius 3 is 2.84 bits per heavy atom. The van der Waals surface area contributed by atoms with Crippen LogP contribution in [0.4, 0.5) is 10.5 Å². The number of anilines is 1. The van der Waals surface area contributed by atoms with Crippen LogP contribution in [-0.2, 0) is 29.6 Å². The fourth-order valence-electron chi connectivity index (χ4n) is 9.08. The molecule has 49 heavy (non-hydrogen) atoms. The number of nitrogens with zero attached hydrogens (tertiary/aromatic N) is 2. The summed E-state index contributed by atoms with van der Waals surface area (Å²) < 4.78 is 12.2. The molecule has 2 bridgehead atoms. The molecule has 5 aliphatic rings. The zero-order chi connectivity index (χ0) is 33.3. The fraction of sp³-hybridized carbons (Fsp3) is 0.421. The van der Waals surface area contributed by atoms with E-state index in [1.807, 2.05) is 54.6 Å². The largest absolute Gasteiger partial charge is 0.504 e. The van der Waals surface area contributed by atoms with E-state index in [0.29, 0.717) is 37.6 Å². The summed E-state index contributed by atoms with van der Waals surface area (Å²) in [5.41, 5.74) is 10.7. The van der Waals surface area contributed by atoms with E-state index >= 15 is 0 Å². The summed E-state index contributed by atoms with van der Waals surface area (Å²) in [6, 6.07) is 19.2. The highest BCUT2D eigenvalue weighted by Crippen LogP contribution is 2.69. The molecule has 0 radical (unpaired) electrons. The molecule has 1 spiro atoms. The number of hydrogen-bond acceptors (Lipinski definition) is 8. The first kappa shape index (κ1) is 30.5. The van der Waals surface area contributed by atoms with Crippen LogP contribution in [0.25, 0.3) is 10.9 Å². The van der Waals surface area contributed by atoms with Crippen LogP contribution in [-0.4, -0.2) is 70.0 Å². The lowest BCUT2D eigenvalue weighted by atomic mass is 9.49. The van der Waals surface area contributed by atoms with E-state index in [0.717, 1.165) is 64.9 Å². The number of aromatic nitrogens is 1. The Balaban J connectivity index is 1.05. The average Bonchev–Trinajstić information content (AvgIpc) is 3.75. The number of phenolic OH excluding ortho intramolecular Hbond substituents is 1. The van der Waals surface area contributed by atoms with Gasteiger partial charge in [0.25, 0.3) is 0 Å². The second-order valence-corrected chi connectivity index (χ2v) is 14.4. The number of rotatable bonds is 8. The Hall–Kier alpha value is -4.58. The number of guanidine groups is 1. The molecule has 11 heteroatoms. The van der Waals surface area contributed by atoms with E-state index in [-0.39, 0.29) is 24.4 Å². The van der Waals surface area contributed by atoms with Crippen molar-refractivity contribution in [2.24, 2.45) is 16.6 Å². The van der Waals surface area contributed by atoms with Crippen LogP contribution >= 0.6 is 0 Å². The van der Waals surface area contributed by atoms with Crippen molar-refractivity contribution in [1.29, 1.82) is 0 Å². The third-order valence-corrected chi connectivity index (χ3v) is 11.5. The van der Waals surface area contributed by atoms with Gasteiger partial charge in [-0.15, -0.1) is 0 Å². The number of likely N-dealkylation sites (tertiary alicyclic amines) is 1. The highest BCUT2D eigenvalue weighted by atomic mass is 16.5. The van der Waals surface area contributed by atoms with Gasteiger partial charge in [-0.3, -0.25) is 15.2 Å². The number of aromatic hydroxyl groups is 1. The van der Waals surface area contributed by atoms with Crippen molar-refractivity contribution in [3.63, 3.8) is 0 Å². The van der Waals surface area contributed by atoms with Crippen molar-refractivity contribution in [3.8, 4) is 11.5 Å². The van der Waals surface area contributed by atoms with Gasteiger partial charge >= 0.3 is 6.09 Å². The number of fused-ring (bicyclic) bond motifs is 4. The number of nitrogens with two attached hydrogens (primary N) is 1. The van der Waals surface area contributed by atoms with E-state index in [4.69, 9.17) is 15.2 Å². The maximum absolute atomic E-state index is 13.2. The van der Waals surface area contributed by atoms with Gasteiger partial charge in [0.15, 0.2) is 17.6 Å². The number of benzene rings is 3. The average molecular weight is 663 g/mol. The predicted octanol–water partition coefficient (Wildman–Crippen LogP) is 4.62. The first-order valence-corrected chi connectivity index (χ1v) is 17.5. The summed E-state index contributed by atoms with van der Waals surface area (Å²) in [5, 5.41) is 31.2. The second kappa shape index (κ2) is 11.5. The zero-order valence-electron chi connectivity index (χ0n) is 27.4. The number of hydrogen-bond donors (Lipinski definition) is 6. The Bertz CT molecular complexity index is 1970. The van der Waals surface area contributed by atoms with Crippen molar-refractivity contribution in [1.82, 2.24) is 15.2 Å². The van der Waals surface area contributed by atoms with Gasteiger partial charge in [0.2, 0.25) is 5.96 Å². The minimum atomic E-state index is -1.08. The van der Waals surface area contributed by atoms with E-state index < -0.39 is 23.2 Å². The van der Waals surface area contributed by atoms with Gasteiger partial charge in [-0.1, -0.05) is 36.4 Å². The molecule has 0 unspecified atom stereocenters. The quantitative estimate of drug-likeness (QED) is 0.0907. The highest BCUT2D eigenvalue weighted by molar-refractivity contribution is 6.03. The van der Waals surface area contributed by atoms with Crippen molar-refractivity contribution >= 4 is 28.6 Å². The van der Waals surface area contributed by atoms with Crippen LogP contribution in [0.2, 0.25) is 0 Å². The number of phenols is 1. The topological polar surface area (TPSA) is 157 Å². The van der Waals surface area contributed by atoms with Crippen molar-refractivity contribution in [3.05, 3.63) is 88.6 Å². The van der Waals surface area contributed by atoms with Crippen LogP contribution in [0.1, 0.15) is 59.7 Å². The van der Waals surface area contributed by atoms with Gasteiger partial charge in [0.05, 0.1) is 16.7 Å². The zero-order valence-corrected chi connectivity index (χ0v) is 27.4. The summed E-state index contributed by atoms with van der Waals surface area (Å²) in [5.74, 6) is 1.62. The molecule has 7 N–H and O–H groups in total. The molecule has 9 rings (SSSR count). The summed E-state index contributed by atoms with van der Waals surface area (Å²) in [7, 11) is 0. The number of carbonyl (C=O) groups excluding carboxylic acids is 1. The lowest BCUT2D eigenvalue weighted by Gasteiger charge is -2.62. The van der Waals surface area contributed by atoms with Crippen LogP contribution in [0.15, 0.2) is 65.7 Å². The second-order valence-electron chi connectivity index (χ2n) is 14.4. The third kappa shape index (κ3) is 4.81. The minimum Gasteiger partial charge on any atom is -0.504 e. The highest BCUT2D eigenvalue weighted by Gasteiger charge is 2.72. The minimum absolute atomic E-state index is 0.0530. The molecule has 2 aliphatic heterocycles. The Labute approximate surface area is 284 Å². The van der Waals surface area contributed by atoms with Crippen LogP contribution < -0.4 is 21.1 Å². The van der Waals surface area contributed by atoms with Crippen LogP contribution in [0.5, 0.6) is 11.5 Å². The lowest BCUT2D eigenvalue weighted by Crippen LogP contribution is -2.74. The van der Waals surface area contributed by atoms with Crippen molar-refractivity contribution < 1.29 is 24.5 Å². The molecular formula is C38H42N6O5. The Kier molecular flexibility index (Phi) is 7.15. The molecule has 11 nitrogen and oxygen atoms in total. The molecule has 3 aromatic carbocycles. The monoisotopic (exact) mass is 662 g/mol. The standard InChI is InChI=1S/C38H42N6O5/c39-14-4-15-40-35(43-36(46)48-21-23-5-2-1-3-6-23)41-25-10-11-28-26(18-25)27-19-38(47)30-17-24-9-12-29(45)33-31(24)37(38,34(49-33)32(27)42-28)13-16-44(30)20-22-7-8-22/h1-3,5-6,9-12,18,22,30,34,42,45,47H,4,7-8,13-17,19-21,39H2,(H2,40,41,43,46)/t30-,34-,37-,38+/m0/s1. The number of H-pyrrole nitrogens is 1. The maximum atomic E-state index is 13.2. The SMILES string of the molecule is NCCCN=C(NC(=O)OCc1ccccc1)Nc1ccc2[nH]c3c(c2c1)C[C@@]1(O)[C@@H]2Cc4ccc(O)c5c4[C@@]1(CCN2CC1CC1)[C@H]3O5.